The highest BCUT2D eigenvalue weighted by Gasteiger charge is 2.24. The Bertz CT molecular complexity index is 1540. The monoisotopic (exact) mass is 509 g/mol. The predicted octanol–water partition coefficient (Wildman–Crippen LogP) is 7.31. The fourth-order valence-electron chi connectivity index (χ4n) is 4.94. The van der Waals surface area contributed by atoms with E-state index in [1.807, 2.05) is 41.1 Å². The Morgan fingerprint density at radius 1 is 1.00 bits per heavy atom. The van der Waals surface area contributed by atoms with E-state index in [4.69, 9.17) is 14.6 Å². The molecule has 0 saturated heterocycles. The second-order valence-electron chi connectivity index (χ2n) is 9.12. The standard InChI is InChI=1S/C30H27N3O3S/c1-2-35-29(34)25-19-37-30(31-25)33-26-18-23(36-22-15-9-10-16-22)17-24(20-11-5-3-6-12-20)27(26)28(32-33)21-13-7-4-8-14-21/h3-8,11-14,17-19,22H,2,9-10,15-16H2,1H3. The molecule has 2 heterocycles. The maximum atomic E-state index is 12.3. The Kier molecular flexibility index (Phi) is 6.45. The molecule has 37 heavy (non-hydrogen) atoms. The minimum Gasteiger partial charge on any atom is -0.490 e. The van der Waals surface area contributed by atoms with E-state index in [2.05, 4.69) is 41.4 Å². The smallest absolute Gasteiger partial charge is 0.357 e. The van der Waals surface area contributed by atoms with Gasteiger partial charge in [-0.2, -0.15) is 5.10 Å². The summed E-state index contributed by atoms with van der Waals surface area (Å²) in [6.45, 7) is 2.09. The van der Waals surface area contributed by atoms with Crippen molar-refractivity contribution in [1.29, 1.82) is 0 Å². The summed E-state index contributed by atoms with van der Waals surface area (Å²) in [6, 6.07) is 24.7. The normalized spacial score (nSPS) is 13.8. The summed E-state index contributed by atoms with van der Waals surface area (Å²) >= 11 is 1.37. The third-order valence-corrected chi connectivity index (χ3v) is 7.47. The molecule has 1 fully saturated rings. The summed E-state index contributed by atoms with van der Waals surface area (Å²) in [7, 11) is 0. The number of nitrogens with zero attached hydrogens (tertiary/aromatic N) is 3. The number of thiazole rings is 1. The average Bonchev–Trinajstić information content (AvgIpc) is 3.70. The van der Waals surface area contributed by atoms with Gasteiger partial charge in [-0.25, -0.2) is 14.5 Å². The Labute approximate surface area is 219 Å². The molecular formula is C30H27N3O3S. The van der Waals surface area contributed by atoms with Gasteiger partial charge in [0.15, 0.2) is 5.69 Å². The lowest BCUT2D eigenvalue weighted by molar-refractivity contribution is 0.0520. The molecule has 1 aliphatic rings. The molecule has 1 saturated carbocycles. The van der Waals surface area contributed by atoms with E-state index in [-0.39, 0.29) is 11.8 Å². The lowest BCUT2D eigenvalue weighted by atomic mass is 9.97. The van der Waals surface area contributed by atoms with Crippen molar-refractivity contribution in [2.24, 2.45) is 0 Å². The van der Waals surface area contributed by atoms with Crippen LogP contribution in [-0.2, 0) is 4.74 Å². The number of carbonyl (C=O) groups is 1. The van der Waals surface area contributed by atoms with Crippen LogP contribution >= 0.6 is 11.3 Å². The van der Waals surface area contributed by atoms with E-state index in [0.29, 0.717) is 11.7 Å². The zero-order valence-electron chi connectivity index (χ0n) is 20.6. The predicted molar refractivity (Wildman–Crippen MR) is 146 cm³/mol. The first-order valence-corrected chi connectivity index (χ1v) is 13.6. The van der Waals surface area contributed by atoms with Crippen LogP contribution in [0.5, 0.6) is 5.75 Å². The van der Waals surface area contributed by atoms with Crippen LogP contribution < -0.4 is 4.74 Å². The maximum Gasteiger partial charge on any atom is 0.357 e. The molecule has 0 unspecified atom stereocenters. The number of benzene rings is 3. The Morgan fingerprint density at radius 3 is 2.41 bits per heavy atom. The van der Waals surface area contributed by atoms with Crippen LogP contribution in [-0.4, -0.2) is 33.4 Å². The number of carbonyl (C=O) groups excluding carboxylic acids is 1. The fourth-order valence-corrected chi connectivity index (χ4v) is 5.69. The van der Waals surface area contributed by atoms with Gasteiger partial charge in [-0.3, -0.25) is 0 Å². The maximum absolute atomic E-state index is 12.3. The van der Waals surface area contributed by atoms with Gasteiger partial charge in [0.2, 0.25) is 5.13 Å². The lowest BCUT2D eigenvalue weighted by Gasteiger charge is -2.15. The molecule has 0 bridgehead atoms. The molecule has 0 spiro atoms. The summed E-state index contributed by atoms with van der Waals surface area (Å²) in [5.74, 6) is 0.390. The Morgan fingerprint density at radius 2 is 1.70 bits per heavy atom. The second-order valence-corrected chi connectivity index (χ2v) is 9.95. The van der Waals surface area contributed by atoms with Crippen LogP contribution in [0, 0.1) is 0 Å². The van der Waals surface area contributed by atoms with Crippen LogP contribution in [0.2, 0.25) is 0 Å². The molecule has 2 aromatic heterocycles. The molecule has 0 radical (unpaired) electrons. The van der Waals surface area contributed by atoms with E-state index in [1.54, 1.807) is 12.3 Å². The summed E-state index contributed by atoms with van der Waals surface area (Å²) in [4.78, 5) is 16.9. The van der Waals surface area contributed by atoms with Crippen molar-refractivity contribution in [2.45, 2.75) is 38.7 Å². The van der Waals surface area contributed by atoms with Gasteiger partial charge >= 0.3 is 5.97 Å². The van der Waals surface area contributed by atoms with E-state index in [9.17, 15) is 4.79 Å². The zero-order chi connectivity index (χ0) is 25.2. The first kappa shape index (κ1) is 23.4. The molecule has 0 aliphatic heterocycles. The van der Waals surface area contributed by atoms with Crippen LogP contribution in [0.1, 0.15) is 43.1 Å². The number of rotatable bonds is 7. The van der Waals surface area contributed by atoms with E-state index >= 15 is 0 Å². The van der Waals surface area contributed by atoms with Gasteiger partial charge in [-0.05, 0) is 49.8 Å². The molecule has 186 valence electrons. The van der Waals surface area contributed by atoms with Gasteiger partial charge in [-0.15, -0.1) is 11.3 Å². The number of ether oxygens (including phenoxy) is 2. The highest BCUT2D eigenvalue weighted by molar-refractivity contribution is 7.12. The first-order chi connectivity index (χ1) is 18.2. The van der Waals surface area contributed by atoms with E-state index in [1.165, 1.54) is 24.2 Å². The van der Waals surface area contributed by atoms with Crippen molar-refractivity contribution in [3.8, 4) is 33.3 Å². The Hall–Kier alpha value is -3.97. The summed E-state index contributed by atoms with van der Waals surface area (Å²) in [5, 5.41) is 8.41. The van der Waals surface area contributed by atoms with Gasteiger partial charge in [-0.1, -0.05) is 60.7 Å². The van der Waals surface area contributed by atoms with Gasteiger partial charge in [0.25, 0.3) is 0 Å². The largest absolute Gasteiger partial charge is 0.490 e. The molecule has 0 amide bonds. The number of hydrogen-bond donors (Lipinski definition) is 0. The third kappa shape index (κ3) is 4.62. The SMILES string of the molecule is CCOC(=O)c1csc(-n2nc(-c3ccccc3)c3c(-c4ccccc4)cc(OC4CCCC4)cc32)n1. The molecule has 1 aliphatic carbocycles. The van der Waals surface area contributed by atoms with E-state index < -0.39 is 5.97 Å². The van der Waals surface area contributed by atoms with Gasteiger partial charge in [0.05, 0.1) is 18.2 Å². The van der Waals surface area contributed by atoms with Gasteiger partial charge in [0, 0.05) is 22.4 Å². The van der Waals surface area contributed by atoms with Crippen LogP contribution in [0.15, 0.2) is 78.2 Å². The molecule has 3 aromatic carbocycles. The van der Waals surface area contributed by atoms with Gasteiger partial charge < -0.3 is 9.47 Å². The van der Waals surface area contributed by atoms with Crippen LogP contribution in [0.4, 0.5) is 0 Å². The van der Waals surface area contributed by atoms with E-state index in [0.717, 1.165) is 51.9 Å². The third-order valence-electron chi connectivity index (χ3n) is 6.65. The number of hydrogen-bond acceptors (Lipinski definition) is 6. The average molecular weight is 510 g/mol. The number of fused-ring (bicyclic) bond motifs is 1. The number of esters is 1. The molecule has 7 heteroatoms. The second kappa shape index (κ2) is 10.2. The number of aromatic nitrogens is 3. The van der Waals surface area contributed by atoms with Crippen molar-refractivity contribution in [3.63, 3.8) is 0 Å². The van der Waals surface area contributed by atoms with Crippen molar-refractivity contribution >= 4 is 28.2 Å². The highest BCUT2D eigenvalue weighted by atomic mass is 32.1. The van der Waals surface area contributed by atoms with Gasteiger partial charge in [0.1, 0.15) is 11.4 Å². The first-order valence-electron chi connectivity index (χ1n) is 12.7. The molecule has 0 atom stereocenters. The van der Waals surface area contributed by atoms with Crippen molar-refractivity contribution in [1.82, 2.24) is 14.8 Å². The molecular weight excluding hydrogens is 482 g/mol. The quantitative estimate of drug-likeness (QED) is 0.215. The van der Waals surface area contributed by atoms with Crippen molar-refractivity contribution < 1.29 is 14.3 Å². The molecule has 5 aromatic rings. The minimum absolute atomic E-state index is 0.223. The summed E-state index contributed by atoms with van der Waals surface area (Å²) in [6.07, 6.45) is 4.76. The van der Waals surface area contributed by atoms with Crippen LogP contribution in [0.25, 0.3) is 38.4 Å². The summed E-state index contributed by atoms with van der Waals surface area (Å²) in [5.41, 5.74) is 5.18. The van der Waals surface area contributed by atoms with Crippen molar-refractivity contribution in [3.05, 3.63) is 83.9 Å². The van der Waals surface area contributed by atoms with Crippen molar-refractivity contribution in [2.75, 3.05) is 6.61 Å². The zero-order valence-corrected chi connectivity index (χ0v) is 21.4. The topological polar surface area (TPSA) is 66.2 Å². The lowest BCUT2D eigenvalue weighted by Crippen LogP contribution is -2.11. The molecule has 6 rings (SSSR count). The fraction of sp³-hybridized carbons (Fsp3) is 0.233. The highest BCUT2D eigenvalue weighted by Crippen LogP contribution is 2.41. The van der Waals surface area contributed by atoms with Crippen LogP contribution in [0.3, 0.4) is 0 Å². The Balaban J connectivity index is 1.59. The minimum atomic E-state index is -0.431. The molecule has 6 nitrogen and oxygen atoms in total. The summed E-state index contributed by atoms with van der Waals surface area (Å²) < 4.78 is 13.5. The molecule has 0 N–H and O–H groups in total.